The third-order valence-electron chi connectivity index (χ3n) is 5.01. The SMILES string of the molecule is O=C(Nc1ccc(Cl)cc1Cl)[C@H]1[C@H]2C[C@H]3[C@H](OC(=O)[C@@H]31)[C@@H]2Br. The van der Waals surface area contributed by atoms with E-state index in [1.165, 1.54) is 0 Å². The van der Waals surface area contributed by atoms with Crippen molar-refractivity contribution in [3.05, 3.63) is 28.2 Å². The Hall–Kier alpha value is -0.780. The molecule has 4 rings (SSSR count). The van der Waals surface area contributed by atoms with Crippen molar-refractivity contribution in [1.82, 2.24) is 0 Å². The molecule has 0 unspecified atom stereocenters. The van der Waals surface area contributed by atoms with Crippen molar-refractivity contribution in [2.45, 2.75) is 17.4 Å². The molecule has 2 aliphatic carbocycles. The molecule has 1 saturated heterocycles. The molecular formula is C15H12BrCl2NO3. The summed E-state index contributed by atoms with van der Waals surface area (Å²) in [6, 6.07) is 4.90. The van der Waals surface area contributed by atoms with E-state index in [0.717, 1.165) is 6.42 Å². The molecule has 0 spiro atoms. The molecule has 3 fully saturated rings. The zero-order chi connectivity index (χ0) is 15.6. The van der Waals surface area contributed by atoms with E-state index in [1.807, 2.05) is 0 Å². The van der Waals surface area contributed by atoms with Gasteiger partial charge in [-0.15, -0.1) is 0 Å². The molecule has 1 N–H and O–H groups in total. The van der Waals surface area contributed by atoms with Crippen molar-refractivity contribution >= 4 is 56.7 Å². The minimum atomic E-state index is -0.368. The molecule has 0 radical (unpaired) electrons. The number of hydrogen-bond acceptors (Lipinski definition) is 3. The molecule has 7 heteroatoms. The first-order chi connectivity index (χ1) is 10.5. The number of hydrogen-bond donors (Lipinski definition) is 1. The fourth-order valence-electron chi connectivity index (χ4n) is 4.14. The number of benzene rings is 1. The van der Waals surface area contributed by atoms with Gasteiger partial charge in [-0.25, -0.2) is 0 Å². The van der Waals surface area contributed by atoms with E-state index in [0.29, 0.717) is 15.7 Å². The van der Waals surface area contributed by atoms with Crippen molar-refractivity contribution < 1.29 is 14.3 Å². The van der Waals surface area contributed by atoms with Crippen LogP contribution in [0.25, 0.3) is 0 Å². The molecule has 1 amide bonds. The number of alkyl halides is 1. The van der Waals surface area contributed by atoms with Crippen LogP contribution in [0.3, 0.4) is 0 Å². The number of fused-ring (bicyclic) bond motifs is 1. The van der Waals surface area contributed by atoms with Gasteiger partial charge in [0.2, 0.25) is 5.91 Å². The number of carbonyl (C=O) groups is 2. The molecule has 0 aromatic heterocycles. The second-order valence-electron chi connectivity index (χ2n) is 6.07. The Kier molecular flexibility index (Phi) is 3.44. The van der Waals surface area contributed by atoms with Crippen LogP contribution in [-0.4, -0.2) is 22.8 Å². The average Bonchev–Trinajstić information content (AvgIpc) is 3.06. The molecule has 2 saturated carbocycles. The Morgan fingerprint density at radius 1 is 1.32 bits per heavy atom. The van der Waals surface area contributed by atoms with Crippen LogP contribution in [0.4, 0.5) is 5.69 Å². The van der Waals surface area contributed by atoms with Crippen molar-refractivity contribution in [2.24, 2.45) is 23.7 Å². The van der Waals surface area contributed by atoms with Crippen molar-refractivity contribution in [3.63, 3.8) is 0 Å². The first kappa shape index (κ1) is 14.8. The third-order valence-corrected chi connectivity index (χ3v) is 6.76. The van der Waals surface area contributed by atoms with E-state index >= 15 is 0 Å². The number of amides is 1. The van der Waals surface area contributed by atoms with E-state index in [2.05, 4.69) is 21.2 Å². The number of carbonyl (C=O) groups excluding carboxylic acids is 2. The van der Waals surface area contributed by atoms with Crippen LogP contribution in [0.1, 0.15) is 6.42 Å². The summed E-state index contributed by atoms with van der Waals surface area (Å²) >= 11 is 15.5. The van der Waals surface area contributed by atoms with Crippen molar-refractivity contribution in [3.8, 4) is 0 Å². The number of anilines is 1. The summed E-state index contributed by atoms with van der Waals surface area (Å²) in [6.45, 7) is 0. The molecule has 1 heterocycles. The van der Waals surface area contributed by atoms with Crippen LogP contribution in [-0.2, 0) is 14.3 Å². The highest BCUT2D eigenvalue weighted by Gasteiger charge is 2.67. The van der Waals surface area contributed by atoms with Gasteiger partial charge in [-0.05, 0) is 30.5 Å². The molecule has 22 heavy (non-hydrogen) atoms. The minimum Gasteiger partial charge on any atom is -0.461 e. The van der Waals surface area contributed by atoms with Gasteiger partial charge in [-0.3, -0.25) is 9.59 Å². The molecule has 4 nitrogen and oxygen atoms in total. The van der Waals surface area contributed by atoms with Crippen LogP contribution in [0, 0.1) is 23.7 Å². The quantitative estimate of drug-likeness (QED) is 0.606. The lowest BCUT2D eigenvalue weighted by Gasteiger charge is -2.27. The van der Waals surface area contributed by atoms with Gasteiger partial charge in [0.25, 0.3) is 0 Å². The minimum absolute atomic E-state index is 0.0524. The Morgan fingerprint density at radius 3 is 2.82 bits per heavy atom. The number of esters is 1. The summed E-state index contributed by atoms with van der Waals surface area (Å²) in [5, 5.41) is 3.72. The van der Waals surface area contributed by atoms with Gasteiger partial charge in [0.05, 0.1) is 27.4 Å². The summed E-state index contributed by atoms with van der Waals surface area (Å²) in [5.74, 6) is -0.844. The molecule has 6 atom stereocenters. The van der Waals surface area contributed by atoms with Gasteiger partial charge in [0.15, 0.2) is 0 Å². The van der Waals surface area contributed by atoms with Gasteiger partial charge in [-0.2, -0.15) is 0 Å². The highest BCUT2D eigenvalue weighted by atomic mass is 79.9. The monoisotopic (exact) mass is 403 g/mol. The van der Waals surface area contributed by atoms with Gasteiger partial charge >= 0.3 is 5.97 Å². The second kappa shape index (κ2) is 5.11. The average molecular weight is 405 g/mol. The summed E-state index contributed by atoms with van der Waals surface area (Å²) in [5.41, 5.74) is 0.507. The Morgan fingerprint density at radius 2 is 2.09 bits per heavy atom. The number of halogens is 3. The van der Waals surface area contributed by atoms with Crippen LogP contribution in [0.5, 0.6) is 0 Å². The predicted molar refractivity (Wildman–Crippen MR) is 86.3 cm³/mol. The van der Waals surface area contributed by atoms with Gasteiger partial charge in [0, 0.05) is 10.9 Å². The Balaban J connectivity index is 1.59. The van der Waals surface area contributed by atoms with Gasteiger partial charge < -0.3 is 10.1 Å². The van der Waals surface area contributed by atoms with Crippen molar-refractivity contribution in [2.75, 3.05) is 5.32 Å². The number of ether oxygens (including phenoxy) is 1. The van der Waals surface area contributed by atoms with Crippen LogP contribution in [0.15, 0.2) is 18.2 Å². The normalized spacial score (nSPS) is 38.2. The zero-order valence-electron chi connectivity index (χ0n) is 11.3. The maximum absolute atomic E-state index is 12.7. The van der Waals surface area contributed by atoms with E-state index in [1.54, 1.807) is 18.2 Å². The van der Waals surface area contributed by atoms with Crippen LogP contribution < -0.4 is 5.32 Å². The third kappa shape index (κ3) is 2.02. The van der Waals surface area contributed by atoms with E-state index < -0.39 is 0 Å². The highest BCUT2D eigenvalue weighted by Crippen LogP contribution is 2.60. The fourth-order valence-corrected chi connectivity index (χ4v) is 5.64. The summed E-state index contributed by atoms with van der Waals surface area (Å²) in [7, 11) is 0. The van der Waals surface area contributed by atoms with Crippen LogP contribution >= 0.6 is 39.1 Å². The van der Waals surface area contributed by atoms with E-state index in [4.69, 9.17) is 27.9 Å². The largest absolute Gasteiger partial charge is 0.461 e. The first-order valence-electron chi connectivity index (χ1n) is 7.08. The fraction of sp³-hybridized carbons (Fsp3) is 0.467. The van der Waals surface area contributed by atoms with E-state index in [-0.39, 0.29) is 46.5 Å². The Labute approximate surface area is 145 Å². The molecule has 1 aromatic rings. The highest BCUT2D eigenvalue weighted by molar-refractivity contribution is 9.09. The molecule has 1 aliphatic heterocycles. The molecular weight excluding hydrogens is 393 g/mol. The Bertz CT molecular complexity index is 683. The summed E-state index contributed by atoms with van der Waals surface area (Å²) in [4.78, 5) is 24.8. The second-order valence-corrected chi connectivity index (χ2v) is 7.98. The van der Waals surface area contributed by atoms with Gasteiger partial charge in [0.1, 0.15) is 6.10 Å². The summed E-state index contributed by atoms with van der Waals surface area (Å²) < 4.78 is 5.41. The van der Waals surface area contributed by atoms with E-state index in [9.17, 15) is 9.59 Å². The lowest BCUT2D eigenvalue weighted by Crippen LogP contribution is -2.40. The lowest BCUT2D eigenvalue weighted by atomic mass is 9.79. The molecule has 116 valence electrons. The van der Waals surface area contributed by atoms with Crippen LogP contribution in [0.2, 0.25) is 10.0 Å². The number of nitrogens with one attached hydrogen (secondary N) is 1. The lowest BCUT2D eigenvalue weighted by molar-refractivity contribution is -0.145. The number of rotatable bonds is 2. The first-order valence-corrected chi connectivity index (χ1v) is 8.75. The summed E-state index contributed by atoms with van der Waals surface area (Å²) in [6.07, 6.45) is 0.773. The van der Waals surface area contributed by atoms with Gasteiger partial charge in [-0.1, -0.05) is 39.1 Å². The zero-order valence-corrected chi connectivity index (χ0v) is 14.4. The maximum Gasteiger partial charge on any atom is 0.310 e. The molecule has 2 bridgehead atoms. The predicted octanol–water partition coefficient (Wildman–Crippen LogP) is 3.50. The topological polar surface area (TPSA) is 55.4 Å². The molecule has 3 aliphatic rings. The van der Waals surface area contributed by atoms with Crippen molar-refractivity contribution in [1.29, 1.82) is 0 Å². The maximum atomic E-state index is 12.7. The molecule has 1 aromatic carbocycles. The standard InChI is InChI=1S/C15H12BrCl2NO3/c16-12-6-4-7-11(15(21)22-13(7)12)10(6)14(20)19-9-2-1-5(17)3-8(9)18/h1-3,6-7,10-13H,4H2,(H,19,20)/t6-,7-,10+,11+,12-,13+/m1/s1. The smallest absolute Gasteiger partial charge is 0.310 e.